The summed E-state index contributed by atoms with van der Waals surface area (Å²) in [5.74, 6) is 0. The van der Waals surface area contributed by atoms with Gasteiger partial charge in [0.25, 0.3) is 0 Å². The van der Waals surface area contributed by atoms with Crippen molar-refractivity contribution in [2.24, 2.45) is 0 Å². The lowest BCUT2D eigenvalue weighted by Crippen LogP contribution is -2.17. The SMILES string of the molecule is [B]c1ccc([B])c(C)c1C. The quantitative estimate of drug-likeness (QED) is 0.425. The van der Waals surface area contributed by atoms with E-state index >= 15 is 0 Å². The lowest BCUT2D eigenvalue weighted by Gasteiger charge is -2.07. The molecule has 10 heavy (non-hydrogen) atoms. The normalized spacial score (nSPS) is 9.80. The van der Waals surface area contributed by atoms with Gasteiger partial charge >= 0.3 is 0 Å². The van der Waals surface area contributed by atoms with Gasteiger partial charge in [0.05, 0.1) is 0 Å². The zero-order valence-electron chi connectivity index (χ0n) is 6.31. The minimum Gasteiger partial charge on any atom is -0.0936 e. The van der Waals surface area contributed by atoms with Crippen molar-refractivity contribution in [2.45, 2.75) is 13.8 Å². The molecule has 2 heteroatoms. The molecule has 0 N–H and O–H groups in total. The van der Waals surface area contributed by atoms with Crippen LogP contribution in [0.5, 0.6) is 0 Å². The molecule has 0 saturated heterocycles. The first kappa shape index (κ1) is 7.46. The molecule has 0 spiro atoms. The van der Waals surface area contributed by atoms with Crippen molar-refractivity contribution >= 4 is 26.6 Å². The Balaban J connectivity index is 3.34. The maximum atomic E-state index is 5.63. The zero-order chi connectivity index (χ0) is 7.72. The lowest BCUT2D eigenvalue weighted by molar-refractivity contribution is 1.40. The van der Waals surface area contributed by atoms with E-state index in [0.29, 0.717) is 0 Å². The van der Waals surface area contributed by atoms with Crippen LogP contribution in [0, 0.1) is 13.8 Å². The third-order valence-corrected chi connectivity index (χ3v) is 1.87. The van der Waals surface area contributed by atoms with Crippen LogP contribution in [-0.2, 0) is 0 Å². The molecule has 0 bridgehead atoms. The van der Waals surface area contributed by atoms with E-state index in [1.807, 2.05) is 26.0 Å². The van der Waals surface area contributed by atoms with Crippen molar-refractivity contribution in [1.29, 1.82) is 0 Å². The van der Waals surface area contributed by atoms with E-state index < -0.39 is 0 Å². The summed E-state index contributed by atoms with van der Waals surface area (Å²) in [5, 5.41) is 0. The number of rotatable bonds is 0. The van der Waals surface area contributed by atoms with Crippen molar-refractivity contribution in [3.63, 3.8) is 0 Å². The second-order valence-corrected chi connectivity index (χ2v) is 2.49. The molecule has 0 unspecified atom stereocenters. The van der Waals surface area contributed by atoms with Gasteiger partial charge in [-0.25, -0.2) is 0 Å². The molecule has 4 radical (unpaired) electrons. The Labute approximate surface area is 64.5 Å². The van der Waals surface area contributed by atoms with E-state index in [0.717, 1.165) is 22.1 Å². The van der Waals surface area contributed by atoms with E-state index in [1.165, 1.54) is 0 Å². The highest BCUT2D eigenvalue weighted by Crippen LogP contribution is 1.97. The van der Waals surface area contributed by atoms with Crippen LogP contribution in [-0.4, -0.2) is 15.7 Å². The molecule has 1 aromatic carbocycles. The molecule has 0 heterocycles. The van der Waals surface area contributed by atoms with Crippen LogP contribution in [0.25, 0.3) is 0 Å². The van der Waals surface area contributed by atoms with Crippen LogP contribution in [0.2, 0.25) is 0 Å². The molecule has 0 fully saturated rings. The Bertz CT molecular complexity index is 227. The summed E-state index contributed by atoms with van der Waals surface area (Å²) < 4.78 is 0. The first-order valence-electron chi connectivity index (χ1n) is 3.24. The Morgan fingerprint density at radius 3 is 1.50 bits per heavy atom. The van der Waals surface area contributed by atoms with Gasteiger partial charge < -0.3 is 0 Å². The molecule has 0 nitrogen and oxygen atoms in total. The fourth-order valence-electron chi connectivity index (χ4n) is 0.863. The number of hydrogen-bond acceptors (Lipinski definition) is 0. The smallest absolute Gasteiger partial charge is 0.0936 e. The van der Waals surface area contributed by atoms with Gasteiger partial charge in [-0.2, -0.15) is 0 Å². The summed E-state index contributed by atoms with van der Waals surface area (Å²) in [5.41, 5.74) is 3.79. The second-order valence-electron chi connectivity index (χ2n) is 2.49. The van der Waals surface area contributed by atoms with E-state index in [-0.39, 0.29) is 0 Å². The van der Waals surface area contributed by atoms with Gasteiger partial charge in [0.2, 0.25) is 0 Å². The summed E-state index contributed by atoms with van der Waals surface area (Å²) >= 11 is 0. The summed E-state index contributed by atoms with van der Waals surface area (Å²) in [6, 6.07) is 3.66. The summed E-state index contributed by atoms with van der Waals surface area (Å²) in [6.45, 7) is 3.95. The highest BCUT2D eigenvalue weighted by molar-refractivity contribution is 6.37. The minimum absolute atomic E-state index is 0.812. The molecular weight excluding hydrogens is 118 g/mol. The molecule has 0 aromatic heterocycles. The molecule has 0 saturated carbocycles. The van der Waals surface area contributed by atoms with Gasteiger partial charge in [0.15, 0.2) is 0 Å². The van der Waals surface area contributed by atoms with Gasteiger partial charge in [-0.3, -0.25) is 0 Å². The molecule has 0 aliphatic heterocycles. The van der Waals surface area contributed by atoms with Gasteiger partial charge in [-0.1, -0.05) is 34.2 Å². The monoisotopic (exact) mass is 126 g/mol. The van der Waals surface area contributed by atoms with E-state index in [4.69, 9.17) is 15.7 Å². The topological polar surface area (TPSA) is 0 Å². The molecule has 46 valence electrons. The Kier molecular flexibility index (Phi) is 1.89. The van der Waals surface area contributed by atoms with Crippen LogP contribution in [0.4, 0.5) is 0 Å². The maximum Gasteiger partial charge on any atom is 0.114 e. The maximum absolute atomic E-state index is 5.63. The minimum atomic E-state index is 0.812. The average molecular weight is 126 g/mol. The highest BCUT2D eigenvalue weighted by Gasteiger charge is 1.96. The Hall–Kier alpha value is -0.650. The van der Waals surface area contributed by atoms with Gasteiger partial charge in [-0.15, -0.1) is 0 Å². The predicted molar refractivity (Wildman–Crippen MR) is 46.7 cm³/mol. The average Bonchev–Trinajstić information content (AvgIpc) is 1.93. The zero-order valence-corrected chi connectivity index (χ0v) is 6.31. The Morgan fingerprint density at radius 2 is 1.20 bits per heavy atom. The van der Waals surface area contributed by atoms with Crippen LogP contribution in [0.3, 0.4) is 0 Å². The standard InChI is InChI=1S/C8H8B2/c1-5-6(2)8(10)4-3-7(5)9/h3-4H,1-2H3. The fraction of sp³-hybridized carbons (Fsp3) is 0.250. The number of hydrogen-bond donors (Lipinski definition) is 0. The Morgan fingerprint density at radius 1 is 0.900 bits per heavy atom. The molecule has 0 aliphatic carbocycles. The first-order chi connectivity index (χ1) is 4.63. The van der Waals surface area contributed by atoms with Crippen molar-refractivity contribution in [1.82, 2.24) is 0 Å². The third kappa shape index (κ3) is 1.11. The van der Waals surface area contributed by atoms with Gasteiger partial charge in [0.1, 0.15) is 15.7 Å². The summed E-state index contributed by atoms with van der Waals surface area (Å²) in [4.78, 5) is 0. The molecule has 1 aromatic rings. The highest BCUT2D eigenvalue weighted by atomic mass is 14.0. The number of benzene rings is 1. The van der Waals surface area contributed by atoms with Gasteiger partial charge in [-0.05, 0) is 13.8 Å². The van der Waals surface area contributed by atoms with Crippen LogP contribution in [0.1, 0.15) is 11.1 Å². The van der Waals surface area contributed by atoms with Crippen LogP contribution >= 0.6 is 0 Å². The third-order valence-electron chi connectivity index (χ3n) is 1.87. The van der Waals surface area contributed by atoms with Gasteiger partial charge in [0, 0.05) is 0 Å². The summed E-state index contributed by atoms with van der Waals surface area (Å²) in [6.07, 6.45) is 0. The predicted octanol–water partition coefficient (Wildman–Crippen LogP) is -0.109. The fourth-order valence-corrected chi connectivity index (χ4v) is 0.863. The van der Waals surface area contributed by atoms with Crippen molar-refractivity contribution in [3.8, 4) is 0 Å². The molecule has 1 rings (SSSR count). The van der Waals surface area contributed by atoms with Crippen LogP contribution < -0.4 is 10.9 Å². The van der Waals surface area contributed by atoms with E-state index in [1.54, 1.807) is 0 Å². The second kappa shape index (κ2) is 2.53. The summed E-state index contributed by atoms with van der Waals surface area (Å²) in [7, 11) is 11.3. The molecule has 0 amide bonds. The first-order valence-corrected chi connectivity index (χ1v) is 3.24. The lowest BCUT2D eigenvalue weighted by atomic mass is 9.81. The largest absolute Gasteiger partial charge is 0.114 e. The van der Waals surface area contributed by atoms with E-state index in [2.05, 4.69) is 0 Å². The van der Waals surface area contributed by atoms with Crippen molar-refractivity contribution in [2.75, 3.05) is 0 Å². The van der Waals surface area contributed by atoms with Crippen LogP contribution in [0.15, 0.2) is 12.1 Å². The molecule has 0 atom stereocenters. The molecular formula is C8H8B2. The van der Waals surface area contributed by atoms with E-state index in [9.17, 15) is 0 Å². The van der Waals surface area contributed by atoms with Crippen molar-refractivity contribution in [3.05, 3.63) is 23.3 Å². The van der Waals surface area contributed by atoms with Crippen molar-refractivity contribution < 1.29 is 0 Å². The molecule has 0 aliphatic rings.